The molecular weight excluding hydrogens is 260 g/mol. The average molecular weight is 280 g/mol. The predicted octanol–water partition coefficient (Wildman–Crippen LogP) is 1.85. The second-order valence-electron chi connectivity index (χ2n) is 4.95. The highest BCUT2D eigenvalue weighted by Crippen LogP contribution is 2.40. The van der Waals surface area contributed by atoms with Crippen LogP contribution in [0.3, 0.4) is 0 Å². The second-order valence-corrected chi connectivity index (χ2v) is 6.22. The lowest BCUT2D eigenvalue weighted by Crippen LogP contribution is -2.30. The van der Waals surface area contributed by atoms with E-state index in [1.807, 2.05) is 11.8 Å². The predicted molar refractivity (Wildman–Crippen MR) is 80.4 cm³/mol. The first-order chi connectivity index (χ1) is 9.06. The molecule has 1 aliphatic rings. The van der Waals surface area contributed by atoms with Gasteiger partial charge in [-0.3, -0.25) is 4.79 Å². The maximum absolute atomic E-state index is 11.1. The molecule has 1 fully saturated rings. The van der Waals surface area contributed by atoms with Gasteiger partial charge in [0.25, 0.3) is 5.91 Å². The van der Waals surface area contributed by atoms with Crippen LogP contribution in [0.2, 0.25) is 0 Å². The third kappa shape index (κ3) is 3.12. The third-order valence-electron chi connectivity index (χ3n) is 3.70. The minimum atomic E-state index is -0.538. The number of hydrogen-bond donors (Lipinski definition) is 3. The summed E-state index contributed by atoms with van der Waals surface area (Å²) in [5.41, 5.74) is 11.9. The number of amides is 1. The topological polar surface area (TPSA) is 94.0 Å². The molecule has 1 heterocycles. The van der Waals surface area contributed by atoms with Gasteiger partial charge < -0.3 is 16.8 Å². The molecule has 19 heavy (non-hydrogen) atoms. The fourth-order valence-corrected chi connectivity index (χ4v) is 3.38. The average Bonchev–Trinajstić information content (AvgIpc) is 2.87. The van der Waals surface area contributed by atoms with E-state index < -0.39 is 5.91 Å². The number of rotatable bonds is 5. The zero-order chi connectivity index (χ0) is 13.9. The van der Waals surface area contributed by atoms with Gasteiger partial charge in [0.15, 0.2) is 0 Å². The van der Waals surface area contributed by atoms with Gasteiger partial charge in [-0.05, 0) is 31.2 Å². The highest BCUT2D eigenvalue weighted by atomic mass is 32.2. The molecule has 0 aliphatic heterocycles. The van der Waals surface area contributed by atoms with Crippen molar-refractivity contribution in [2.75, 3.05) is 23.9 Å². The number of primary amides is 1. The summed E-state index contributed by atoms with van der Waals surface area (Å²) < 4.78 is 0.261. The van der Waals surface area contributed by atoms with Gasteiger partial charge >= 0.3 is 0 Å². The van der Waals surface area contributed by atoms with Crippen LogP contribution in [0.4, 0.5) is 11.5 Å². The lowest BCUT2D eigenvalue weighted by Gasteiger charge is -2.27. The summed E-state index contributed by atoms with van der Waals surface area (Å²) in [5.74, 6) is 0.0140. The van der Waals surface area contributed by atoms with Crippen LogP contribution in [0.5, 0.6) is 0 Å². The van der Waals surface area contributed by atoms with Crippen LogP contribution in [-0.2, 0) is 0 Å². The zero-order valence-electron chi connectivity index (χ0n) is 11.1. The van der Waals surface area contributed by atoms with Crippen LogP contribution in [0.15, 0.2) is 12.1 Å². The van der Waals surface area contributed by atoms with Gasteiger partial charge in [-0.2, -0.15) is 11.8 Å². The number of carbonyl (C=O) groups is 1. The highest BCUT2D eigenvalue weighted by Gasteiger charge is 2.32. The Morgan fingerprint density at radius 1 is 1.47 bits per heavy atom. The largest absolute Gasteiger partial charge is 0.396 e. The molecule has 0 bridgehead atoms. The molecule has 0 spiro atoms. The van der Waals surface area contributed by atoms with Crippen molar-refractivity contribution in [1.29, 1.82) is 0 Å². The molecule has 1 amide bonds. The smallest absolute Gasteiger partial charge is 0.267 e. The molecule has 5 nitrogen and oxygen atoms in total. The second kappa shape index (κ2) is 5.69. The highest BCUT2D eigenvalue weighted by molar-refractivity contribution is 8.00. The van der Waals surface area contributed by atoms with E-state index in [1.54, 1.807) is 12.1 Å². The zero-order valence-corrected chi connectivity index (χ0v) is 11.9. The Kier molecular flexibility index (Phi) is 4.19. The Labute approximate surface area is 117 Å². The molecule has 1 saturated carbocycles. The standard InChI is InChI=1S/C13H20N4OS/c1-19-13(6-2-3-7-13)8-16-12-9(14)4-5-10(17-12)11(15)18/h4-5H,2-3,6-8,14H2,1H3,(H2,15,18)(H,16,17). The summed E-state index contributed by atoms with van der Waals surface area (Å²) >= 11 is 1.89. The summed E-state index contributed by atoms with van der Waals surface area (Å²) in [6.07, 6.45) is 7.09. The minimum absolute atomic E-state index is 0.237. The Balaban J connectivity index is 2.10. The van der Waals surface area contributed by atoms with E-state index in [0.29, 0.717) is 11.5 Å². The summed E-state index contributed by atoms with van der Waals surface area (Å²) in [7, 11) is 0. The maximum atomic E-state index is 11.1. The van der Waals surface area contributed by atoms with Gasteiger partial charge in [0.05, 0.1) is 5.69 Å². The Bertz CT molecular complexity index is 472. The number of nitrogens with one attached hydrogen (secondary N) is 1. The van der Waals surface area contributed by atoms with Crippen molar-refractivity contribution in [3.05, 3.63) is 17.8 Å². The van der Waals surface area contributed by atoms with Gasteiger partial charge in [0.2, 0.25) is 0 Å². The Morgan fingerprint density at radius 2 is 2.16 bits per heavy atom. The lowest BCUT2D eigenvalue weighted by molar-refractivity contribution is 0.0996. The van der Waals surface area contributed by atoms with Crippen molar-refractivity contribution >= 4 is 29.2 Å². The van der Waals surface area contributed by atoms with Crippen LogP contribution in [0.25, 0.3) is 0 Å². The van der Waals surface area contributed by atoms with Crippen molar-refractivity contribution in [3.63, 3.8) is 0 Å². The summed E-state index contributed by atoms with van der Waals surface area (Å²) in [5, 5.41) is 3.28. The first-order valence-corrected chi connectivity index (χ1v) is 7.64. The van der Waals surface area contributed by atoms with E-state index in [4.69, 9.17) is 11.5 Å². The number of nitrogens with zero attached hydrogens (tertiary/aromatic N) is 1. The van der Waals surface area contributed by atoms with Crippen LogP contribution in [0, 0.1) is 0 Å². The Morgan fingerprint density at radius 3 is 2.74 bits per heavy atom. The SMILES string of the molecule is CSC1(CNc2nc(C(N)=O)ccc2N)CCCC1. The normalized spacial score (nSPS) is 17.3. The van der Waals surface area contributed by atoms with Crippen molar-refractivity contribution in [2.24, 2.45) is 5.73 Å². The molecule has 6 heteroatoms. The van der Waals surface area contributed by atoms with Gasteiger partial charge in [0.1, 0.15) is 11.5 Å². The molecule has 1 aromatic heterocycles. The van der Waals surface area contributed by atoms with Crippen LogP contribution >= 0.6 is 11.8 Å². The monoisotopic (exact) mass is 280 g/mol. The number of hydrogen-bond acceptors (Lipinski definition) is 5. The number of nitrogens with two attached hydrogens (primary N) is 2. The fraction of sp³-hybridized carbons (Fsp3) is 0.538. The van der Waals surface area contributed by atoms with Gasteiger partial charge in [-0.25, -0.2) is 4.98 Å². The number of carbonyl (C=O) groups excluding carboxylic acids is 1. The molecular formula is C13H20N4OS. The number of pyridine rings is 1. The molecule has 5 N–H and O–H groups in total. The first kappa shape index (κ1) is 14.0. The maximum Gasteiger partial charge on any atom is 0.267 e. The number of nitrogen functional groups attached to an aromatic ring is 1. The molecule has 1 aromatic rings. The van der Waals surface area contributed by atoms with E-state index in [-0.39, 0.29) is 10.4 Å². The fourth-order valence-electron chi connectivity index (χ4n) is 2.47. The van der Waals surface area contributed by atoms with E-state index in [0.717, 1.165) is 6.54 Å². The lowest BCUT2D eigenvalue weighted by atomic mass is 10.1. The summed E-state index contributed by atoms with van der Waals surface area (Å²) in [6, 6.07) is 3.21. The van der Waals surface area contributed by atoms with Gasteiger partial charge in [0, 0.05) is 11.3 Å². The summed E-state index contributed by atoms with van der Waals surface area (Å²) in [6.45, 7) is 0.813. The number of thioether (sulfide) groups is 1. The van der Waals surface area contributed by atoms with Gasteiger partial charge in [-0.15, -0.1) is 0 Å². The quantitative estimate of drug-likeness (QED) is 0.765. The Hall–Kier alpha value is -1.43. The van der Waals surface area contributed by atoms with Gasteiger partial charge in [-0.1, -0.05) is 12.8 Å². The van der Waals surface area contributed by atoms with E-state index in [2.05, 4.69) is 16.6 Å². The summed E-state index contributed by atoms with van der Waals surface area (Å²) in [4.78, 5) is 15.3. The minimum Gasteiger partial charge on any atom is -0.396 e. The van der Waals surface area contributed by atoms with Crippen molar-refractivity contribution in [2.45, 2.75) is 30.4 Å². The molecule has 1 aliphatic carbocycles. The molecule has 0 unspecified atom stereocenters. The van der Waals surface area contributed by atoms with E-state index in [9.17, 15) is 4.79 Å². The molecule has 0 radical (unpaired) electrons. The van der Waals surface area contributed by atoms with Crippen LogP contribution in [-0.4, -0.2) is 28.4 Å². The van der Waals surface area contributed by atoms with E-state index >= 15 is 0 Å². The first-order valence-electron chi connectivity index (χ1n) is 6.42. The van der Waals surface area contributed by atoms with Crippen molar-refractivity contribution < 1.29 is 4.79 Å². The molecule has 2 rings (SSSR count). The molecule has 0 aromatic carbocycles. The van der Waals surface area contributed by atoms with E-state index in [1.165, 1.54) is 25.7 Å². The number of anilines is 2. The third-order valence-corrected chi connectivity index (χ3v) is 5.12. The van der Waals surface area contributed by atoms with Crippen molar-refractivity contribution in [1.82, 2.24) is 4.98 Å². The van der Waals surface area contributed by atoms with Crippen molar-refractivity contribution in [3.8, 4) is 0 Å². The molecule has 0 saturated heterocycles. The van der Waals surface area contributed by atoms with Crippen LogP contribution in [0.1, 0.15) is 36.2 Å². The molecule has 0 atom stereocenters. The molecule has 104 valence electrons. The number of aromatic nitrogens is 1. The van der Waals surface area contributed by atoms with Crippen LogP contribution < -0.4 is 16.8 Å².